The number of benzene rings is 3. The zero-order chi connectivity index (χ0) is 40.1. The van der Waals surface area contributed by atoms with E-state index < -0.39 is 35.4 Å². The Morgan fingerprint density at radius 2 is 1.70 bits per heavy atom. The number of nitrogens with one attached hydrogen (secondary N) is 3. The lowest BCUT2D eigenvalue weighted by molar-refractivity contribution is -0.141. The maximum Gasteiger partial charge on any atom is 0.433 e. The van der Waals surface area contributed by atoms with E-state index in [0.29, 0.717) is 28.6 Å². The van der Waals surface area contributed by atoms with Gasteiger partial charge in [0.05, 0.1) is 29.9 Å². The van der Waals surface area contributed by atoms with Gasteiger partial charge in [-0.2, -0.15) is 18.3 Å². The van der Waals surface area contributed by atoms with Crippen LogP contribution in [0, 0.1) is 5.92 Å². The molecule has 1 aliphatic carbocycles. The predicted octanol–water partition coefficient (Wildman–Crippen LogP) is 7.69. The lowest BCUT2D eigenvalue weighted by Gasteiger charge is -2.28. The van der Waals surface area contributed by atoms with Crippen LogP contribution in [0.5, 0.6) is 17.2 Å². The quantitative estimate of drug-likeness (QED) is 0.0585. The number of hydrogen-bond acceptors (Lipinski definition) is 9. The Kier molecular flexibility index (Phi) is 11.6. The van der Waals surface area contributed by atoms with E-state index in [1.54, 1.807) is 30.3 Å². The first-order valence-electron chi connectivity index (χ1n) is 18.9. The van der Waals surface area contributed by atoms with E-state index in [-0.39, 0.29) is 28.6 Å². The van der Waals surface area contributed by atoms with Gasteiger partial charge in [0.1, 0.15) is 28.6 Å². The largest absolute Gasteiger partial charge is 0.494 e. The molecule has 7 rings (SSSR count). The number of carbonyl (C=O) groups excluding carboxylic acids is 4. The summed E-state index contributed by atoms with van der Waals surface area (Å²) < 4.78 is 52.8. The van der Waals surface area contributed by atoms with E-state index in [9.17, 15) is 32.3 Å². The third-order valence-corrected chi connectivity index (χ3v) is 10.4. The number of hydrogen-bond donors (Lipinski definition) is 3. The van der Waals surface area contributed by atoms with Crippen molar-refractivity contribution in [3.63, 3.8) is 0 Å². The van der Waals surface area contributed by atoms with Gasteiger partial charge in [-0.1, -0.05) is 30.7 Å². The number of methoxy groups -OCH3 is 1. The molecule has 2 aromatic heterocycles. The average Bonchev–Trinajstić information content (AvgIpc) is 3.62. The topological polar surface area (TPSA) is 154 Å². The maximum atomic E-state index is 13.1. The normalized spacial score (nSPS) is 16.9. The minimum Gasteiger partial charge on any atom is -0.494 e. The Hall–Kier alpha value is -6.09. The van der Waals surface area contributed by atoms with Crippen molar-refractivity contribution in [1.82, 2.24) is 25.4 Å². The molecule has 1 aliphatic heterocycles. The van der Waals surface area contributed by atoms with Crippen molar-refractivity contribution in [3.05, 3.63) is 107 Å². The number of pyridine rings is 1. The molecule has 296 valence electrons. The van der Waals surface area contributed by atoms with E-state index in [1.807, 2.05) is 29.1 Å². The first-order chi connectivity index (χ1) is 27.5. The van der Waals surface area contributed by atoms with Gasteiger partial charge in [-0.25, -0.2) is 4.98 Å². The Morgan fingerprint density at radius 1 is 0.912 bits per heavy atom. The predicted molar refractivity (Wildman–Crippen MR) is 205 cm³/mol. The highest BCUT2D eigenvalue weighted by atomic mass is 19.4. The molecule has 0 atom stereocenters. The molecule has 2 aliphatic rings. The molecular formula is C42H41F3N6O6. The van der Waals surface area contributed by atoms with Crippen LogP contribution in [-0.4, -0.2) is 58.5 Å². The van der Waals surface area contributed by atoms with Crippen LogP contribution in [0.25, 0.3) is 10.9 Å². The molecule has 3 aromatic carbocycles. The number of nitrogens with zero attached hydrogens (tertiary/aromatic N) is 3. The molecule has 0 spiro atoms. The van der Waals surface area contributed by atoms with Gasteiger partial charge in [0, 0.05) is 23.2 Å². The second-order valence-electron chi connectivity index (χ2n) is 14.3. The van der Waals surface area contributed by atoms with Crippen molar-refractivity contribution in [3.8, 4) is 17.2 Å². The summed E-state index contributed by atoms with van der Waals surface area (Å²) in [5, 5.41) is 13.9. The second kappa shape index (κ2) is 17.0. The lowest BCUT2D eigenvalue weighted by atomic mass is 9.86. The summed E-state index contributed by atoms with van der Waals surface area (Å²) in [6, 6.07) is 19.1. The molecule has 0 radical (unpaired) electrons. The zero-order valence-electron chi connectivity index (χ0n) is 31.2. The van der Waals surface area contributed by atoms with Crippen molar-refractivity contribution in [2.75, 3.05) is 25.5 Å². The number of unbranched alkanes of at least 4 members (excludes halogenated alkanes) is 2. The molecule has 5 aromatic rings. The zero-order valence-corrected chi connectivity index (χ0v) is 31.2. The van der Waals surface area contributed by atoms with Gasteiger partial charge in [0.25, 0.3) is 23.5 Å². The molecule has 15 heteroatoms. The standard InChI is InChI=1S/C42H41F3N6O6/c1-56-35-22-32-27(21-33(35)48-39(53)31-12-7-14-36(47-31)42(43,44)45)24-51(50-32)28-17-15-26(16-18-28)23-46-19-4-2-3-8-25-9-5-10-29(20-25)57-34-13-6-11-30-37(34)40(54)49-41(55)38(30)52/h5-7,9-14,20-22,24,26,28,46H,2-4,8,15-19,23H2,1H3,(H,48,53)(H,49,54,55). The molecule has 1 fully saturated rings. The number of rotatable bonds is 14. The highest BCUT2D eigenvalue weighted by Crippen LogP contribution is 2.36. The van der Waals surface area contributed by atoms with E-state index in [0.717, 1.165) is 87.5 Å². The Morgan fingerprint density at radius 3 is 2.49 bits per heavy atom. The lowest BCUT2D eigenvalue weighted by Crippen LogP contribution is -2.42. The number of Topliss-reactive ketones (excluding diaryl/α,β-unsaturated/α-hetero) is 1. The van der Waals surface area contributed by atoms with E-state index in [2.05, 4.69) is 20.9 Å². The number of aromatic nitrogens is 3. The number of halogens is 3. The van der Waals surface area contributed by atoms with Crippen molar-refractivity contribution in [2.24, 2.45) is 5.92 Å². The van der Waals surface area contributed by atoms with Crippen molar-refractivity contribution in [2.45, 2.75) is 63.6 Å². The smallest absolute Gasteiger partial charge is 0.433 e. The number of carbonyl (C=O) groups is 4. The van der Waals surface area contributed by atoms with Gasteiger partial charge >= 0.3 is 6.18 Å². The molecule has 3 amide bonds. The van der Waals surface area contributed by atoms with Gasteiger partial charge in [0.2, 0.25) is 0 Å². The van der Waals surface area contributed by atoms with Crippen molar-refractivity contribution in [1.29, 1.82) is 0 Å². The molecule has 3 heterocycles. The highest BCUT2D eigenvalue weighted by molar-refractivity contribution is 6.49. The summed E-state index contributed by atoms with van der Waals surface area (Å²) in [7, 11) is 1.45. The van der Waals surface area contributed by atoms with Gasteiger partial charge < -0.3 is 20.1 Å². The summed E-state index contributed by atoms with van der Waals surface area (Å²) in [5.74, 6) is -1.48. The first-order valence-corrected chi connectivity index (χ1v) is 18.9. The number of amides is 3. The van der Waals surface area contributed by atoms with Gasteiger partial charge in [0.15, 0.2) is 0 Å². The summed E-state index contributed by atoms with van der Waals surface area (Å²) in [6.45, 7) is 1.88. The van der Waals surface area contributed by atoms with Crippen LogP contribution in [0.2, 0.25) is 0 Å². The number of fused-ring (bicyclic) bond motifs is 2. The molecular weight excluding hydrogens is 741 g/mol. The fourth-order valence-electron chi connectivity index (χ4n) is 7.38. The molecule has 0 unspecified atom stereocenters. The highest BCUT2D eigenvalue weighted by Gasteiger charge is 2.34. The molecule has 1 saturated carbocycles. The third-order valence-electron chi connectivity index (χ3n) is 10.4. The summed E-state index contributed by atoms with van der Waals surface area (Å²) in [5.41, 5.74) is 0.686. The molecule has 0 saturated heterocycles. The van der Waals surface area contributed by atoms with Crippen LogP contribution in [0.3, 0.4) is 0 Å². The van der Waals surface area contributed by atoms with E-state index in [4.69, 9.17) is 14.6 Å². The Bertz CT molecular complexity index is 2320. The number of aryl methyl sites for hydroxylation is 1. The Balaban J connectivity index is 0.832. The number of ketones is 1. The molecule has 12 nitrogen and oxygen atoms in total. The van der Waals surface area contributed by atoms with E-state index in [1.165, 1.54) is 19.2 Å². The number of ether oxygens (including phenoxy) is 2. The minimum atomic E-state index is -4.67. The Labute approximate surface area is 326 Å². The number of alkyl halides is 3. The summed E-state index contributed by atoms with van der Waals surface area (Å²) >= 11 is 0. The summed E-state index contributed by atoms with van der Waals surface area (Å²) in [4.78, 5) is 52.7. The monoisotopic (exact) mass is 782 g/mol. The third kappa shape index (κ3) is 9.15. The maximum absolute atomic E-state index is 13.1. The molecule has 0 bridgehead atoms. The summed E-state index contributed by atoms with van der Waals surface area (Å²) in [6.07, 6.45) is 5.31. The van der Waals surface area contributed by atoms with Crippen LogP contribution in [0.15, 0.2) is 79.0 Å². The molecule has 3 N–H and O–H groups in total. The minimum absolute atomic E-state index is 0.0355. The SMILES string of the molecule is COc1cc2nn(C3CCC(CNCCCCCc4cccc(Oc5cccc6c5C(=O)NC(=O)C6=O)c4)CC3)cc2cc1NC(=O)c1cccc(C(F)(F)F)n1. The fraction of sp³-hybridized carbons (Fsp3) is 0.333. The van der Waals surface area contributed by atoms with E-state index >= 15 is 0 Å². The van der Waals surface area contributed by atoms with Crippen LogP contribution in [-0.2, 0) is 17.4 Å². The van der Waals surface area contributed by atoms with Crippen LogP contribution < -0.4 is 25.4 Å². The number of anilines is 1. The van der Waals surface area contributed by atoms with Crippen LogP contribution in [0.4, 0.5) is 18.9 Å². The van der Waals surface area contributed by atoms with Crippen molar-refractivity contribution < 1.29 is 41.8 Å². The fourth-order valence-corrected chi connectivity index (χ4v) is 7.38. The first kappa shape index (κ1) is 39.2. The van der Waals surface area contributed by atoms with Gasteiger partial charge in [-0.05, 0) is 112 Å². The molecule has 57 heavy (non-hydrogen) atoms. The van der Waals surface area contributed by atoms with Gasteiger partial charge in [-0.3, -0.25) is 29.2 Å². The average molecular weight is 783 g/mol. The van der Waals surface area contributed by atoms with Crippen LogP contribution >= 0.6 is 0 Å². The van der Waals surface area contributed by atoms with Crippen molar-refractivity contribution >= 4 is 40.1 Å². The van der Waals surface area contributed by atoms with Gasteiger partial charge in [-0.15, -0.1) is 0 Å². The number of imide groups is 1. The van der Waals surface area contributed by atoms with Crippen LogP contribution in [0.1, 0.15) is 93.4 Å². The second-order valence-corrected chi connectivity index (χ2v) is 14.3.